The number of aromatic hydroxyl groups is 1. The van der Waals surface area contributed by atoms with Gasteiger partial charge in [0.2, 0.25) is 0 Å². The van der Waals surface area contributed by atoms with E-state index >= 15 is 0 Å². The molecule has 0 saturated heterocycles. The monoisotopic (exact) mass is 245 g/mol. The van der Waals surface area contributed by atoms with Crippen molar-refractivity contribution in [3.63, 3.8) is 0 Å². The van der Waals surface area contributed by atoms with E-state index < -0.39 is 4.92 Å². The summed E-state index contributed by atoms with van der Waals surface area (Å²) < 4.78 is 4.78. The normalized spacial score (nSPS) is 8.83. The third-order valence-electron chi connectivity index (χ3n) is 2.06. The van der Waals surface area contributed by atoms with Gasteiger partial charge in [-0.15, -0.1) is 0 Å². The molecule has 0 aromatic heterocycles. The van der Waals surface area contributed by atoms with E-state index in [2.05, 4.69) is 0 Å². The SMILES string of the molecule is COc1cc([N+](=O)[O-])cc(C=C(C#N)C#N)c1O. The van der Waals surface area contributed by atoms with Gasteiger partial charge in [-0.1, -0.05) is 0 Å². The molecule has 0 unspecified atom stereocenters. The number of hydrogen-bond donors (Lipinski definition) is 1. The number of allylic oxidation sites excluding steroid dienone is 1. The Labute approximate surface area is 102 Å². The lowest BCUT2D eigenvalue weighted by Crippen LogP contribution is -1.92. The van der Waals surface area contributed by atoms with E-state index in [1.807, 2.05) is 0 Å². The van der Waals surface area contributed by atoms with Crippen molar-refractivity contribution < 1.29 is 14.8 Å². The smallest absolute Gasteiger partial charge is 0.274 e. The van der Waals surface area contributed by atoms with Crippen molar-refractivity contribution in [1.29, 1.82) is 10.5 Å². The van der Waals surface area contributed by atoms with Gasteiger partial charge in [0.15, 0.2) is 11.5 Å². The molecule has 90 valence electrons. The maximum atomic E-state index is 10.7. The van der Waals surface area contributed by atoms with Gasteiger partial charge in [-0.25, -0.2) is 0 Å². The number of nitriles is 2. The van der Waals surface area contributed by atoms with Gasteiger partial charge in [0.25, 0.3) is 5.69 Å². The summed E-state index contributed by atoms with van der Waals surface area (Å²) in [7, 11) is 1.24. The van der Waals surface area contributed by atoms with Gasteiger partial charge in [-0.05, 0) is 6.08 Å². The molecule has 1 aromatic rings. The zero-order chi connectivity index (χ0) is 13.7. The standard InChI is InChI=1S/C11H7N3O4/c1-18-10-4-9(14(16)17)3-8(11(10)15)2-7(5-12)6-13/h2-4,15H,1H3. The first-order valence-electron chi connectivity index (χ1n) is 4.60. The number of nitro benzene ring substituents is 1. The Hall–Kier alpha value is -3.06. The molecule has 1 N–H and O–H groups in total. The Bertz CT molecular complexity index is 592. The molecular weight excluding hydrogens is 238 g/mol. The number of nitro groups is 1. The molecule has 7 nitrogen and oxygen atoms in total. The fourth-order valence-electron chi connectivity index (χ4n) is 1.23. The summed E-state index contributed by atoms with van der Waals surface area (Å²) in [5.41, 5.74) is -0.627. The van der Waals surface area contributed by atoms with E-state index in [1.54, 1.807) is 12.1 Å². The number of phenolic OH excluding ortho intramolecular Hbond substituents is 1. The number of non-ortho nitro benzene ring substituents is 1. The number of hydrogen-bond acceptors (Lipinski definition) is 6. The van der Waals surface area contributed by atoms with E-state index in [1.165, 1.54) is 7.11 Å². The van der Waals surface area contributed by atoms with Crippen LogP contribution in [0.1, 0.15) is 5.56 Å². The van der Waals surface area contributed by atoms with Crippen molar-refractivity contribution in [3.8, 4) is 23.6 Å². The lowest BCUT2D eigenvalue weighted by Gasteiger charge is -2.05. The summed E-state index contributed by atoms with van der Waals surface area (Å²) in [6, 6.07) is 5.28. The Balaban J connectivity index is 3.49. The van der Waals surface area contributed by atoms with Crippen molar-refractivity contribution in [2.75, 3.05) is 7.11 Å². The Kier molecular flexibility index (Phi) is 3.85. The van der Waals surface area contributed by atoms with Gasteiger partial charge < -0.3 is 9.84 Å². The summed E-state index contributed by atoms with van der Waals surface area (Å²) in [5, 5.41) is 37.6. The van der Waals surface area contributed by atoms with Crippen LogP contribution in [0.15, 0.2) is 17.7 Å². The molecule has 18 heavy (non-hydrogen) atoms. The topological polar surface area (TPSA) is 120 Å². The van der Waals surface area contributed by atoms with Crippen molar-refractivity contribution >= 4 is 11.8 Å². The maximum Gasteiger partial charge on any atom is 0.274 e. The predicted molar refractivity (Wildman–Crippen MR) is 60.5 cm³/mol. The molecule has 0 radical (unpaired) electrons. The molecule has 0 amide bonds. The lowest BCUT2D eigenvalue weighted by atomic mass is 10.1. The van der Waals surface area contributed by atoms with E-state index in [0.717, 1.165) is 18.2 Å². The molecule has 1 rings (SSSR count). The van der Waals surface area contributed by atoms with Gasteiger partial charge in [0, 0.05) is 11.6 Å². The molecule has 0 bridgehead atoms. The summed E-state index contributed by atoms with van der Waals surface area (Å²) in [6.07, 6.45) is 1.05. The Morgan fingerprint density at radius 1 is 1.50 bits per heavy atom. The third-order valence-corrected chi connectivity index (χ3v) is 2.06. The Morgan fingerprint density at radius 3 is 2.56 bits per heavy atom. The fourth-order valence-corrected chi connectivity index (χ4v) is 1.23. The number of methoxy groups -OCH3 is 1. The van der Waals surface area contributed by atoms with Crippen LogP contribution >= 0.6 is 0 Å². The summed E-state index contributed by atoms with van der Waals surface area (Å²) >= 11 is 0. The van der Waals surface area contributed by atoms with Crippen molar-refractivity contribution in [1.82, 2.24) is 0 Å². The first-order chi connectivity index (χ1) is 8.53. The highest BCUT2D eigenvalue weighted by atomic mass is 16.6. The van der Waals surface area contributed by atoms with E-state index in [9.17, 15) is 15.2 Å². The van der Waals surface area contributed by atoms with E-state index in [4.69, 9.17) is 15.3 Å². The minimum absolute atomic E-state index is 0.0286. The average Bonchev–Trinajstić information content (AvgIpc) is 2.37. The van der Waals surface area contributed by atoms with Crippen LogP contribution < -0.4 is 4.74 Å². The summed E-state index contributed by atoms with van der Waals surface area (Å²) in [6.45, 7) is 0. The molecule has 0 heterocycles. The van der Waals surface area contributed by atoms with E-state index in [-0.39, 0.29) is 28.3 Å². The average molecular weight is 245 g/mol. The molecule has 0 spiro atoms. The number of rotatable bonds is 3. The summed E-state index contributed by atoms with van der Waals surface area (Å²) in [4.78, 5) is 10.0. The number of ether oxygens (including phenoxy) is 1. The van der Waals surface area contributed by atoms with Crippen molar-refractivity contribution in [2.45, 2.75) is 0 Å². The number of phenols is 1. The molecule has 0 fully saturated rings. The van der Waals surface area contributed by atoms with Gasteiger partial charge in [0.1, 0.15) is 17.7 Å². The zero-order valence-electron chi connectivity index (χ0n) is 9.25. The first-order valence-corrected chi connectivity index (χ1v) is 4.60. The minimum Gasteiger partial charge on any atom is -0.504 e. The predicted octanol–water partition coefficient (Wildman–Crippen LogP) is 1.74. The van der Waals surface area contributed by atoms with Crippen LogP contribution in [0.2, 0.25) is 0 Å². The highest BCUT2D eigenvalue weighted by Gasteiger charge is 2.16. The third kappa shape index (κ3) is 2.54. The largest absolute Gasteiger partial charge is 0.504 e. The van der Waals surface area contributed by atoms with Gasteiger partial charge in [-0.2, -0.15) is 10.5 Å². The maximum absolute atomic E-state index is 10.7. The molecule has 0 aliphatic rings. The second-order valence-corrected chi connectivity index (χ2v) is 3.12. The van der Waals surface area contributed by atoms with Crippen LogP contribution in [-0.4, -0.2) is 17.1 Å². The molecule has 0 aliphatic heterocycles. The van der Waals surface area contributed by atoms with Crippen LogP contribution in [0.25, 0.3) is 6.08 Å². The molecule has 1 aromatic carbocycles. The van der Waals surface area contributed by atoms with Gasteiger partial charge in [0.05, 0.1) is 18.1 Å². The fraction of sp³-hybridized carbons (Fsp3) is 0.0909. The highest BCUT2D eigenvalue weighted by molar-refractivity contribution is 5.71. The van der Waals surface area contributed by atoms with Crippen LogP contribution in [0, 0.1) is 32.8 Å². The van der Waals surface area contributed by atoms with E-state index in [0.29, 0.717) is 0 Å². The number of benzene rings is 1. The van der Waals surface area contributed by atoms with Crippen molar-refractivity contribution in [2.24, 2.45) is 0 Å². The van der Waals surface area contributed by atoms with Gasteiger partial charge in [-0.3, -0.25) is 10.1 Å². The molecule has 0 aliphatic carbocycles. The molecule has 0 atom stereocenters. The highest BCUT2D eigenvalue weighted by Crippen LogP contribution is 2.35. The van der Waals surface area contributed by atoms with Crippen LogP contribution in [-0.2, 0) is 0 Å². The van der Waals surface area contributed by atoms with Crippen LogP contribution in [0.4, 0.5) is 5.69 Å². The second-order valence-electron chi connectivity index (χ2n) is 3.12. The van der Waals surface area contributed by atoms with Crippen molar-refractivity contribution in [3.05, 3.63) is 33.4 Å². The zero-order valence-corrected chi connectivity index (χ0v) is 9.25. The summed E-state index contributed by atoms with van der Waals surface area (Å²) in [5.74, 6) is -0.475. The first kappa shape index (κ1) is 13.0. The molecule has 7 heteroatoms. The lowest BCUT2D eigenvalue weighted by molar-refractivity contribution is -0.385. The quantitative estimate of drug-likeness (QED) is 0.491. The number of nitrogens with zero attached hydrogens (tertiary/aromatic N) is 3. The molecule has 0 saturated carbocycles. The van der Waals surface area contributed by atoms with Gasteiger partial charge >= 0.3 is 0 Å². The minimum atomic E-state index is -0.669. The molecular formula is C11H7N3O4. The van der Waals surface area contributed by atoms with Crippen LogP contribution in [0.5, 0.6) is 11.5 Å². The Morgan fingerprint density at radius 2 is 2.11 bits per heavy atom. The second kappa shape index (κ2) is 5.32. The van der Waals surface area contributed by atoms with Crippen LogP contribution in [0.3, 0.4) is 0 Å².